The standard InChI is InChI=1S/C13H10BrNO2/c1-9-4-11(14)2-3-13(9)17-12-5-10(8-16)6-15-7-12/h2-8H,1H3. The number of aldehydes is 1. The highest BCUT2D eigenvalue weighted by atomic mass is 79.9. The summed E-state index contributed by atoms with van der Waals surface area (Å²) in [5.41, 5.74) is 1.51. The third-order valence-electron chi connectivity index (χ3n) is 2.24. The highest BCUT2D eigenvalue weighted by Gasteiger charge is 2.03. The molecular weight excluding hydrogens is 282 g/mol. The molecule has 0 saturated heterocycles. The van der Waals surface area contributed by atoms with Crippen molar-refractivity contribution in [1.29, 1.82) is 0 Å². The Morgan fingerprint density at radius 1 is 1.29 bits per heavy atom. The molecule has 0 spiro atoms. The van der Waals surface area contributed by atoms with Gasteiger partial charge in [0.1, 0.15) is 11.5 Å². The Hall–Kier alpha value is -1.68. The molecule has 0 unspecified atom stereocenters. The molecule has 0 saturated carbocycles. The number of carbonyl (C=O) groups is 1. The molecule has 1 aromatic heterocycles. The van der Waals surface area contributed by atoms with Crippen molar-refractivity contribution in [3.05, 3.63) is 52.3 Å². The summed E-state index contributed by atoms with van der Waals surface area (Å²) in [6.45, 7) is 1.96. The fourth-order valence-electron chi connectivity index (χ4n) is 1.41. The summed E-state index contributed by atoms with van der Waals surface area (Å²) in [7, 11) is 0. The molecule has 17 heavy (non-hydrogen) atoms. The second-order valence-corrected chi connectivity index (χ2v) is 4.50. The molecule has 0 aliphatic heterocycles. The lowest BCUT2D eigenvalue weighted by Crippen LogP contribution is -1.90. The first-order valence-corrected chi connectivity index (χ1v) is 5.82. The van der Waals surface area contributed by atoms with Crippen LogP contribution in [0.2, 0.25) is 0 Å². The van der Waals surface area contributed by atoms with Crippen molar-refractivity contribution in [2.24, 2.45) is 0 Å². The fraction of sp³-hybridized carbons (Fsp3) is 0.0769. The van der Waals surface area contributed by atoms with Crippen LogP contribution < -0.4 is 4.74 Å². The minimum Gasteiger partial charge on any atom is -0.455 e. The number of rotatable bonds is 3. The highest BCUT2D eigenvalue weighted by Crippen LogP contribution is 2.27. The van der Waals surface area contributed by atoms with Gasteiger partial charge in [0.2, 0.25) is 0 Å². The van der Waals surface area contributed by atoms with Crippen molar-refractivity contribution in [3.8, 4) is 11.5 Å². The summed E-state index contributed by atoms with van der Waals surface area (Å²) in [6.07, 6.45) is 3.82. The van der Waals surface area contributed by atoms with Gasteiger partial charge in [-0.1, -0.05) is 15.9 Å². The van der Waals surface area contributed by atoms with Gasteiger partial charge in [0, 0.05) is 16.2 Å². The van der Waals surface area contributed by atoms with Gasteiger partial charge in [0.25, 0.3) is 0 Å². The molecule has 0 aliphatic rings. The van der Waals surface area contributed by atoms with Crippen LogP contribution >= 0.6 is 15.9 Å². The van der Waals surface area contributed by atoms with Gasteiger partial charge in [-0.3, -0.25) is 9.78 Å². The summed E-state index contributed by atoms with van der Waals surface area (Å²) in [5, 5.41) is 0. The molecule has 0 fully saturated rings. The van der Waals surface area contributed by atoms with Crippen LogP contribution in [0, 0.1) is 6.92 Å². The summed E-state index contributed by atoms with van der Waals surface area (Å²) >= 11 is 3.39. The maximum absolute atomic E-state index is 10.6. The van der Waals surface area contributed by atoms with E-state index < -0.39 is 0 Å². The number of benzene rings is 1. The molecule has 0 bridgehead atoms. The van der Waals surface area contributed by atoms with Crippen molar-refractivity contribution >= 4 is 22.2 Å². The van der Waals surface area contributed by atoms with E-state index in [9.17, 15) is 4.79 Å². The molecule has 4 heteroatoms. The quantitative estimate of drug-likeness (QED) is 0.809. The minimum absolute atomic E-state index is 0.497. The fourth-order valence-corrected chi connectivity index (χ4v) is 1.89. The van der Waals surface area contributed by atoms with E-state index in [-0.39, 0.29) is 0 Å². The number of aryl methyl sites for hydroxylation is 1. The molecule has 0 amide bonds. The molecule has 1 aromatic carbocycles. The maximum atomic E-state index is 10.6. The first-order chi connectivity index (χ1) is 8.19. The van der Waals surface area contributed by atoms with Crippen LogP contribution in [0.3, 0.4) is 0 Å². The second-order valence-electron chi connectivity index (χ2n) is 3.58. The number of nitrogens with zero attached hydrogens (tertiary/aromatic N) is 1. The maximum Gasteiger partial charge on any atom is 0.151 e. The molecule has 3 nitrogen and oxygen atoms in total. The second kappa shape index (κ2) is 5.10. The monoisotopic (exact) mass is 291 g/mol. The van der Waals surface area contributed by atoms with Crippen LogP contribution in [0.5, 0.6) is 11.5 Å². The number of hydrogen-bond acceptors (Lipinski definition) is 3. The average Bonchev–Trinajstić information content (AvgIpc) is 2.33. The van der Waals surface area contributed by atoms with E-state index in [0.717, 1.165) is 22.1 Å². The lowest BCUT2D eigenvalue weighted by Gasteiger charge is -2.08. The molecule has 0 radical (unpaired) electrons. The first-order valence-electron chi connectivity index (χ1n) is 5.03. The van der Waals surface area contributed by atoms with Crippen LogP contribution in [0.25, 0.3) is 0 Å². The predicted octanol–water partition coefficient (Wildman–Crippen LogP) is 3.76. The number of hydrogen-bond donors (Lipinski definition) is 0. The lowest BCUT2D eigenvalue weighted by atomic mass is 10.2. The highest BCUT2D eigenvalue weighted by molar-refractivity contribution is 9.10. The number of aromatic nitrogens is 1. The van der Waals surface area contributed by atoms with Gasteiger partial charge in [-0.2, -0.15) is 0 Å². The van der Waals surface area contributed by atoms with E-state index in [1.54, 1.807) is 12.3 Å². The Kier molecular flexibility index (Phi) is 3.54. The van der Waals surface area contributed by atoms with Crippen molar-refractivity contribution < 1.29 is 9.53 Å². The third kappa shape index (κ3) is 2.91. The first kappa shape index (κ1) is 11.8. The predicted molar refractivity (Wildman–Crippen MR) is 68.6 cm³/mol. The third-order valence-corrected chi connectivity index (χ3v) is 2.73. The van der Waals surface area contributed by atoms with Crippen molar-refractivity contribution in [3.63, 3.8) is 0 Å². The number of halogens is 1. The summed E-state index contributed by atoms with van der Waals surface area (Å²) in [6, 6.07) is 7.39. The molecule has 0 aliphatic carbocycles. The van der Waals surface area contributed by atoms with E-state index in [1.807, 2.05) is 25.1 Å². The van der Waals surface area contributed by atoms with Gasteiger partial charge in [0.15, 0.2) is 6.29 Å². The van der Waals surface area contributed by atoms with Gasteiger partial charge in [0.05, 0.1) is 6.20 Å². The Balaban J connectivity index is 2.27. The van der Waals surface area contributed by atoms with Crippen LogP contribution in [0.4, 0.5) is 0 Å². The van der Waals surface area contributed by atoms with Gasteiger partial charge < -0.3 is 4.74 Å². The van der Waals surface area contributed by atoms with Crippen LogP contribution in [0.15, 0.2) is 41.1 Å². The normalized spacial score (nSPS) is 10.0. The number of carbonyl (C=O) groups excluding carboxylic acids is 1. The van der Waals surface area contributed by atoms with Gasteiger partial charge in [-0.15, -0.1) is 0 Å². The zero-order chi connectivity index (χ0) is 12.3. The summed E-state index contributed by atoms with van der Waals surface area (Å²) in [4.78, 5) is 14.6. The number of ether oxygens (including phenoxy) is 1. The topological polar surface area (TPSA) is 39.2 Å². The van der Waals surface area contributed by atoms with Crippen LogP contribution in [-0.2, 0) is 0 Å². The SMILES string of the molecule is Cc1cc(Br)ccc1Oc1cncc(C=O)c1. The molecule has 2 rings (SSSR count). The molecule has 0 N–H and O–H groups in total. The van der Waals surface area contributed by atoms with E-state index in [4.69, 9.17) is 4.74 Å². The molecule has 86 valence electrons. The van der Waals surface area contributed by atoms with E-state index in [2.05, 4.69) is 20.9 Å². The van der Waals surface area contributed by atoms with E-state index in [0.29, 0.717) is 11.3 Å². The van der Waals surface area contributed by atoms with E-state index >= 15 is 0 Å². The minimum atomic E-state index is 0.497. The van der Waals surface area contributed by atoms with Crippen LogP contribution in [-0.4, -0.2) is 11.3 Å². The van der Waals surface area contributed by atoms with Gasteiger partial charge in [-0.05, 0) is 36.8 Å². The number of pyridine rings is 1. The van der Waals surface area contributed by atoms with Gasteiger partial charge in [-0.25, -0.2) is 0 Å². The van der Waals surface area contributed by atoms with Crippen molar-refractivity contribution in [2.45, 2.75) is 6.92 Å². The molecule has 2 aromatic rings. The Morgan fingerprint density at radius 2 is 2.12 bits per heavy atom. The summed E-state index contributed by atoms with van der Waals surface area (Å²) < 4.78 is 6.67. The van der Waals surface area contributed by atoms with Gasteiger partial charge >= 0.3 is 0 Å². The molecule has 0 atom stereocenters. The van der Waals surface area contributed by atoms with Crippen molar-refractivity contribution in [1.82, 2.24) is 4.98 Å². The lowest BCUT2D eigenvalue weighted by molar-refractivity contribution is 0.112. The largest absolute Gasteiger partial charge is 0.455 e. The zero-order valence-electron chi connectivity index (χ0n) is 9.18. The molecular formula is C13H10BrNO2. The Morgan fingerprint density at radius 3 is 2.82 bits per heavy atom. The van der Waals surface area contributed by atoms with E-state index in [1.165, 1.54) is 6.20 Å². The zero-order valence-corrected chi connectivity index (χ0v) is 10.8. The summed E-state index contributed by atoms with van der Waals surface area (Å²) in [5.74, 6) is 1.30. The smallest absolute Gasteiger partial charge is 0.151 e. The molecule has 1 heterocycles. The van der Waals surface area contributed by atoms with Crippen molar-refractivity contribution in [2.75, 3.05) is 0 Å². The van der Waals surface area contributed by atoms with Crippen LogP contribution in [0.1, 0.15) is 15.9 Å². The Labute approximate surface area is 108 Å². The average molecular weight is 292 g/mol. The Bertz CT molecular complexity index is 555.